The molecule has 2 heterocycles. The van der Waals surface area contributed by atoms with Crippen LogP contribution in [-0.4, -0.2) is 21.8 Å². The standard InChI is InChI=1S/C16H16N4O3S/c1-9(21)17-13(14-3-2-6-24-14)8-15(22)18-10-4-5-11-12(7-10)20-16(23)19-11/h2-7,13H,8H2,1H3,(H,17,21)(H,18,22)(H2,19,20,23)/t13-/m1/s1. The van der Waals surface area contributed by atoms with Gasteiger partial charge in [0.05, 0.1) is 23.5 Å². The van der Waals surface area contributed by atoms with Crippen molar-refractivity contribution in [3.05, 3.63) is 51.1 Å². The number of hydrogen-bond acceptors (Lipinski definition) is 4. The minimum absolute atomic E-state index is 0.127. The number of rotatable bonds is 5. The van der Waals surface area contributed by atoms with Gasteiger partial charge in [-0.15, -0.1) is 11.3 Å². The number of hydrogen-bond donors (Lipinski definition) is 4. The molecule has 0 aliphatic rings. The molecule has 0 unspecified atom stereocenters. The summed E-state index contributed by atoms with van der Waals surface area (Å²) < 4.78 is 0. The van der Waals surface area contributed by atoms with Crippen molar-refractivity contribution in [1.82, 2.24) is 15.3 Å². The number of imidazole rings is 1. The normalized spacial score (nSPS) is 12.0. The van der Waals surface area contributed by atoms with Gasteiger partial charge in [0, 0.05) is 17.5 Å². The van der Waals surface area contributed by atoms with Crippen LogP contribution in [0.25, 0.3) is 11.0 Å². The van der Waals surface area contributed by atoms with Gasteiger partial charge in [0.1, 0.15) is 0 Å². The van der Waals surface area contributed by atoms with Gasteiger partial charge in [-0.3, -0.25) is 9.59 Å². The molecule has 2 aromatic heterocycles. The van der Waals surface area contributed by atoms with Gasteiger partial charge in [-0.05, 0) is 29.6 Å². The molecule has 24 heavy (non-hydrogen) atoms. The van der Waals surface area contributed by atoms with E-state index in [9.17, 15) is 14.4 Å². The first-order chi connectivity index (χ1) is 11.5. The maximum absolute atomic E-state index is 12.3. The third-order valence-electron chi connectivity index (χ3n) is 3.45. The number of amides is 2. The van der Waals surface area contributed by atoms with Gasteiger partial charge in [-0.1, -0.05) is 6.07 Å². The van der Waals surface area contributed by atoms with E-state index < -0.39 is 0 Å². The molecule has 0 saturated carbocycles. The van der Waals surface area contributed by atoms with Crippen molar-refractivity contribution in [2.75, 3.05) is 5.32 Å². The fourth-order valence-corrected chi connectivity index (χ4v) is 3.24. The first-order valence-electron chi connectivity index (χ1n) is 7.33. The van der Waals surface area contributed by atoms with E-state index in [1.807, 2.05) is 17.5 Å². The third-order valence-corrected chi connectivity index (χ3v) is 4.44. The topological polar surface area (TPSA) is 107 Å². The summed E-state index contributed by atoms with van der Waals surface area (Å²) in [5.41, 5.74) is 1.58. The fraction of sp³-hybridized carbons (Fsp3) is 0.188. The Labute approximate surface area is 141 Å². The molecular weight excluding hydrogens is 328 g/mol. The van der Waals surface area contributed by atoms with Gasteiger partial charge in [0.15, 0.2) is 0 Å². The van der Waals surface area contributed by atoms with E-state index in [-0.39, 0.29) is 30.0 Å². The summed E-state index contributed by atoms with van der Waals surface area (Å²) in [4.78, 5) is 41.1. The first kappa shape index (κ1) is 16.0. The lowest BCUT2D eigenvalue weighted by Gasteiger charge is -2.16. The predicted molar refractivity (Wildman–Crippen MR) is 93.0 cm³/mol. The maximum Gasteiger partial charge on any atom is 0.323 e. The Hall–Kier alpha value is -2.87. The molecule has 0 saturated heterocycles. The summed E-state index contributed by atoms with van der Waals surface area (Å²) in [5, 5.41) is 7.48. The molecule has 1 atom stereocenters. The van der Waals surface area contributed by atoms with Crippen LogP contribution in [-0.2, 0) is 9.59 Å². The quantitative estimate of drug-likeness (QED) is 0.569. The number of aromatic amines is 2. The van der Waals surface area contributed by atoms with Crippen molar-refractivity contribution in [2.45, 2.75) is 19.4 Å². The molecule has 0 spiro atoms. The van der Waals surface area contributed by atoms with Crippen LogP contribution in [0.4, 0.5) is 5.69 Å². The molecule has 7 nitrogen and oxygen atoms in total. The molecule has 3 rings (SSSR count). The van der Waals surface area contributed by atoms with Gasteiger partial charge >= 0.3 is 5.69 Å². The summed E-state index contributed by atoms with van der Waals surface area (Å²) in [7, 11) is 0. The predicted octanol–water partition coefficient (Wildman–Crippen LogP) is 2.12. The number of aromatic nitrogens is 2. The number of fused-ring (bicyclic) bond motifs is 1. The van der Waals surface area contributed by atoms with Crippen LogP contribution in [0.3, 0.4) is 0 Å². The van der Waals surface area contributed by atoms with Crippen LogP contribution in [0.1, 0.15) is 24.3 Å². The second-order valence-corrected chi connectivity index (χ2v) is 6.34. The summed E-state index contributed by atoms with van der Waals surface area (Å²) >= 11 is 1.49. The molecule has 0 aliphatic heterocycles. The van der Waals surface area contributed by atoms with Crippen LogP contribution in [0.2, 0.25) is 0 Å². The zero-order chi connectivity index (χ0) is 17.1. The van der Waals surface area contributed by atoms with Crippen LogP contribution < -0.4 is 16.3 Å². The molecule has 1 aromatic carbocycles. The van der Waals surface area contributed by atoms with E-state index in [1.165, 1.54) is 18.3 Å². The van der Waals surface area contributed by atoms with Crippen molar-refractivity contribution in [3.8, 4) is 0 Å². The minimum atomic E-state index is -0.363. The van der Waals surface area contributed by atoms with Crippen molar-refractivity contribution < 1.29 is 9.59 Å². The molecule has 124 valence electrons. The highest BCUT2D eigenvalue weighted by Crippen LogP contribution is 2.23. The Kier molecular flexibility index (Phi) is 4.48. The van der Waals surface area contributed by atoms with Gasteiger partial charge < -0.3 is 20.6 Å². The van der Waals surface area contributed by atoms with Crippen molar-refractivity contribution in [2.24, 2.45) is 0 Å². The smallest absolute Gasteiger partial charge is 0.323 e. The van der Waals surface area contributed by atoms with E-state index in [0.717, 1.165) is 4.88 Å². The Bertz CT molecular complexity index is 926. The molecule has 0 aliphatic carbocycles. The molecular formula is C16H16N4O3S. The van der Waals surface area contributed by atoms with Crippen LogP contribution >= 0.6 is 11.3 Å². The third kappa shape index (κ3) is 3.72. The summed E-state index contributed by atoms with van der Waals surface area (Å²) in [6.45, 7) is 1.43. The molecule has 0 fully saturated rings. The lowest BCUT2D eigenvalue weighted by atomic mass is 10.1. The van der Waals surface area contributed by atoms with Gasteiger partial charge in [0.25, 0.3) is 0 Å². The van der Waals surface area contributed by atoms with E-state index >= 15 is 0 Å². The number of thiophene rings is 1. The average Bonchev–Trinajstić information content (AvgIpc) is 3.13. The Morgan fingerprint density at radius 1 is 1.21 bits per heavy atom. The number of carbonyl (C=O) groups is 2. The largest absolute Gasteiger partial charge is 0.348 e. The van der Waals surface area contributed by atoms with E-state index in [2.05, 4.69) is 20.6 Å². The molecule has 3 aromatic rings. The average molecular weight is 344 g/mol. The highest BCUT2D eigenvalue weighted by molar-refractivity contribution is 7.10. The zero-order valence-corrected chi connectivity index (χ0v) is 13.7. The highest BCUT2D eigenvalue weighted by Gasteiger charge is 2.18. The second kappa shape index (κ2) is 6.71. The number of H-pyrrole nitrogens is 2. The number of benzene rings is 1. The van der Waals surface area contributed by atoms with Gasteiger partial charge in [-0.25, -0.2) is 4.79 Å². The molecule has 8 heteroatoms. The first-order valence-corrected chi connectivity index (χ1v) is 8.21. The number of carbonyl (C=O) groups excluding carboxylic acids is 2. The van der Waals surface area contributed by atoms with Crippen molar-refractivity contribution in [1.29, 1.82) is 0 Å². The summed E-state index contributed by atoms with van der Waals surface area (Å²) in [6, 6.07) is 8.51. The molecule has 0 radical (unpaired) electrons. The van der Waals surface area contributed by atoms with E-state index in [1.54, 1.807) is 18.2 Å². The Morgan fingerprint density at radius 2 is 2.00 bits per heavy atom. The van der Waals surface area contributed by atoms with Crippen molar-refractivity contribution in [3.63, 3.8) is 0 Å². The number of anilines is 1. The molecule has 4 N–H and O–H groups in total. The molecule has 2 amide bonds. The zero-order valence-electron chi connectivity index (χ0n) is 12.9. The fourth-order valence-electron chi connectivity index (χ4n) is 2.47. The van der Waals surface area contributed by atoms with E-state index in [0.29, 0.717) is 16.7 Å². The second-order valence-electron chi connectivity index (χ2n) is 5.36. The number of nitrogens with one attached hydrogen (secondary N) is 4. The monoisotopic (exact) mass is 344 g/mol. The van der Waals surface area contributed by atoms with E-state index in [4.69, 9.17) is 0 Å². The van der Waals surface area contributed by atoms with Crippen molar-refractivity contribution >= 4 is 39.9 Å². The van der Waals surface area contributed by atoms with Gasteiger partial charge in [-0.2, -0.15) is 0 Å². The summed E-state index contributed by atoms with van der Waals surface area (Å²) in [6.07, 6.45) is 0.127. The highest BCUT2D eigenvalue weighted by atomic mass is 32.1. The molecule has 0 bridgehead atoms. The lowest BCUT2D eigenvalue weighted by Crippen LogP contribution is -2.29. The van der Waals surface area contributed by atoms with Crippen LogP contribution in [0.5, 0.6) is 0 Å². The lowest BCUT2D eigenvalue weighted by molar-refractivity contribution is -0.120. The maximum atomic E-state index is 12.3. The Morgan fingerprint density at radius 3 is 2.71 bits per heavy atom. The van der Waals surface area contributed by atoms with Crippen LogP contribution in [0.15, 0.2) is 40.5 Å². The van der Waals surface area contributed by atoms with Gasteiger partial charge in [0.2, 0.25) is 11.8 Å². The minimum Gasteiger partial charge on any atom is -0.348 e. The summed E-state index contributed by atoms with van der Waals surface area (Å²) in [5.74, 6) is -0.410. The SMILES string of the molecule is CC(=O)N[C@H](CC(=O)Nc1ccc2[nH]c(=O)[nH]c2c1)c1cccs1. The Balaban J connectivity index is 1.72. The van der Waals surface area contributed by atoms with Crippen LogP contribution in [0, 0.1) is 0 Å².